The van der Waals surface area contributed by atoms with Gasteiger partial charge in [0, 0.05) is 55.1 Å². The van der Waals surface area contributed by atoms with Gasteiger partial charge >= 0.3 is 0 Å². The lowest BCUT2D eigenvalue weighted by atomic mass is 9.79. The smallest absolute Gasteiger partial charge is 0.143 e. The monoisotopic (exact) mass is 1030 g/mol. The number of benzene rings is 11. The SMILES string of the molecule is Cc1ccc(-c2cc3c(c4c2oc2ccccc24)-c2ccc(N(c4ccc5c(c4)C(C)(C)c4cc6c(cc4-5)C(C)(C)c4ccc5c(c4-6)-c4ccccc4C5)c4c(-c5ccccc5)cccc4-c4ccccc4)cc2C3(C)C)c(C)c1. The van der Waals surface area contributed by atoms with E-state index in [1.54, 1.807) is 0 Å². The largest absolute Gasteiger partial charge is 0.455 e. The number of aryl methyl sites for hydroxylation is 2. The third-order valence-corrected chi connectivity index (χ3v) is 19.3. The van der Waals surface area contributed by atoms with Crippen molar-refractivity contribution in [2.75, 3.05) is 4.90 Å². The molecule has 16 rings (SSSR count). The zero-order valence-electron chi connectivity index (χ0n) is 46.8. The molecule has 4 aliphatic rings. The number of para-hydroxylation sites is 2. The number of nitrogens with zero attached hydrogens (tertiary/aromatic N) is 1. The lowest BCUT2D eigenvalue weighted by Gasteiger charge is -2.33. The average Bonchev–Trinajstić information content (AvgIpc) is 4.42. The minimum atomic E-state index is -0.357. The van der Waals surface area contributed by atoms with Gasteiger partial charge in [0.05, 0.1) is 5.69 Å². The first-order valence-corrected chi connectivity index (χ1v) is 28.6. The lowest BCUT2D eigenvalue weighted by molar-refractivity contribution is 0.652. The highest BCUT2D eigenvalue weighted by Gasteiger charge is 2.45. The maximum absolute atomic E-state index is 6.97. The summed E-state index contributed by atoms with van der Waals surface area (Å²) in [6.45, 7) is 19.1. The summed E-state index contributed by atoms with van der Waals surface area (Å²) >= 11 is 0. The van der Waals surface area contributed by atoms with Crippen LogP contribution in [0.2, 0.25) is 0 Å². The van der Waals surface area contributed by atoms with Gasteiger partial charge in [-0.2, -0.15) is 0 Å². The van der Waals surface area contributed by atoms with E-state index in [1.807, 2.05) is 0 Å². The molecular weight excluding hydrogens is 967 g/mol. The molecule has 1 heterocycles. The molecule has 0 N–H and O–H groups in total. The fourth-order valence-electron chi connectivity index (χ4n) is 15.2. The number of hydrogen-bond acceptors (Lipinski definition) is 2. The van der Waals surface area contributed by atoms with E-state index in [2.05, 4.69) is 273 Å². The van der Waals surface area contributed by atoms with Crippen molar-refractivity contribution in [3.8, 4) is 77.9 Å². The van der Waals surface area contributed by atoms with Gasteiger partial charge in [0.15, 0.2) is 0 Å². The van der Waals surface area contributed by atoms with Crippen LogP contribution in [-0.2, 0) is 22.7 Å². The Balaban J connectivity index is 0.921. The van der Waals surface area contributed by atoms with Gasteiger partial charge in [-0.3, -0.25) is 0 Å². The van der Waals surface area contributed by atoms with Crippen LogP contribution in [0.15, 0.2) is 217 Å². The lowest BCUT2D eigenvalue weighted by Crippen LogP contribution is -2.19. The highest BCUT2D eigenvalue weighted by atomic mass is 16.3. The highest BCUT2D eigenvalue weighted by molar-refractivity contribution is 6.19. The van der Waals surface area contributed by atoms with E-state index in [1.165, 1.54) is 133 Å². The van der Waals surface area contributed by atoms with E-state index in [4.69, 9.17) is 4.42 Å². The van der Waals surface area contributed by atoms with Crippen LogP contribution in [0.1, 0.15) is 97.2 Å². The van der Waals surface area contributed by atoms with Gasteiger partial charge in [0.2, 0.25) is 0 Å². The number of furan rings is 1. The minimum absolute atomic E-state index is 0.149. The molecule has 0 amide bonds. The van der Waals surface area contributed by atoms with Crippen molar-refractivity contribution in [2.24, 2.45) is 0 Å². The molecule has 0 bridgehead atoms. The molecule has 0 saturated carbocycles. The predicted octanol–water partition coefficient (Wildman–Crippen LogP) is 21.2. The van der Waals surface area contributed by atoms with E-state index < -0.39 is 0 Å². The van der Waals surface area contributed by atoms with Crippen LogP contribution < -0.4 is 4.90 Å². The van der Waals surface area contributed by atoms with Gasteiger partial charge in [-0.1, -0.05) is 211 Å². The summed E-state index contributed by atoms with van der Waals surface area (Å²) in [5, 5.41) is 2.34. The van der Waals surface area contributed by atoms with Crippen LogP contribution in [0.4, 0.5) is 17.1 Å². The molecule has 0 radical (unpaired) electrons. The number of anilines is 3. The fourth-order valence-corrected chi connectivity index (χ4v) is 15.2. The Morgan fingerprint density at radius 1 is 0.362 bits per heavy atom. The highest BCUT2D eigenvalue weighted by Crippen LogP contribution is 2.62. The van der Waals surface area contributed by atoms with E-state index in [0.717, 1.165) is 45.6 Å². The number of fused-ring (bicyclic) bond motifs is 17. The quantitative estimate of drug-likeness (QED) is 0.165. The topological polar surface area (TPSA) is 16.4 Å². The standard InChI is InChI=1S/C78H61NO/c1-45-30-34-53(46(2)38-45)61-43-68-71(73-59-26-17-18-29-69(59)80-75(61)73)58-36-33-52(41-65(58)78(68,7)8)79(74-55(47-20-11-9-12-21-47)27-19-28-56(74)48-22-13-10-14-23-48)51-32-35-57-60-42-67-62(44-66(60)77(5,6)64(57)40-51)72-63(76(67,3)4)37-31-50-39-49-24-15-16-25-54(49)70(50)72/h9-38,40-44H,39H2,1-8H3. The summed E-state index contributed by atoms with van der Waals surface area (Å²) in [5.74, 6) is 0. The maximum atomic E-state index is 6.97. The second-order valence-corrected chi connectivity index (χ2v) is 24.9. The van der Waals surface area contributed by atoms with E-state index >= 15 is 0 Å². The van der Waals surface area contributed by atoms with Crippen molar-refractivity contribution in [3.05, 3.63) is 268 Å². The third kappa shape index (κ3) is 6.42. The second-order valence-electron chi connectivity index (χ2n) is 24.9. The summed E-state index contributed by atoms with van der Waals surface area (Å²) in [5.41, 5.74) is 36.0. The van der Waals surface area contributed by atoms with Gasteiger partial charge in [-0.15, -0.1) is 0 Å². The Bertz CT molecular complexity index is 4600. The van der Waals surface area contributed by atoms with Gasteiger partial charge in [0.25, 0.3) is 0 Å². The van der Waals surface area contributed by atoms with Crippen LogP contribution in [0.5, 0.6) is 0 Å². The van der Waals surface area contributed by atoms with Crippen LogP contribution >= 0.6 is 0 Å². The zero-order chi connectivity index (χ0) is 54.1. The molecule has 0 spiro atoms. The second kappa shape index (κ2) is 16.5. The van der Waals surface area contributed by atoms with Crippen LogP contribution in [-0.4, -0.2) is 0 Å². The molecule has 12 aromatic rings. The van der Waals surface area contributed by atoms with E-state index in [0.29, 0.717) is 0 Å². The molecule has 0 saturated heterocycles. The van der Waals surface area contributed by atoms with Crippen LogP contribution in [0, 0.1) is 13.8 Å². The molecule has 80 heavy (non-hydrogen) atoms. The molecule has 384 valence electrons. The van der Waals surface area contributed by atoms with Gasteiger partial charge < -0.3 is 9.32 Å². The molecular formula is C78H61NO. The van der Waals surface area contributed by atoms with Crippen molar-refractivity contribution in [2.45, 2.75) is 78.1 Å². The molecule has 0 atom stereocenters. The normalized spacial score (nSPS) is 15.0. The summed E-state index contributed by atoms with van der Waals surface area (Å²) < 4.78 is 6.97. The Morgan fingerprint density at radius 2 is 0.925 bits per heavy atom. The van der Waals surface area contributed by atoms with Crippen molar-refractivity contribution in [1.82, 2.24) is 0 Å². The van der Waals surface area contributed by atoms with Crippen molar-refractivity contribution < 1.29 is 4.42 Å². The van der Waals surface area contributed by atoms with Crippen molar-refractivity contribution >= 4 is 39.0 Å². The first-order valence-electron chi connectivity index (χ1n) is 28.6. The molecule has 2 nitrogen and oxygen atoms in total. The zero-order valence-corrected chi connectivity index (χ0v) is 46.8. The summed E-state index contributed by atoms with van der Waals surface area (Å²) in [6.07, 6.45) is 0.990. The molecule has 0 aliphatic heterocycles. The number of hydrogen-bond donors (Lipinski definition) is 0. The molecule has 4 aliphatic carbocycles. The van der Waals surface area contributed by atoms with E-state index in [-0.39, 0.29) is 16.2 Å². The van der Waals surface area contributed by atoms with Gasteiger partial charge in [0.1, 0.15) is 11.2 Å². The fraction of sp³-hybridized carbons (Fsp3) is 0.154. The van der Waals surface area contributed by atoms with Gasteiger partial charge in [-0.05, 0) is 180 Å². The minimum Gasteiger partial charge on any atom is -0.455 e. The maximum Gasteiger partial charge on any atom is 0.143 e. The Kier molecular flexibility index (Phi) is 9.73. The first-order chi connectivity index (χ1) is 38.8. The molecule has 2 heteroatoms. The van der Waals surface area contributed by atoms with Crippen LogP contribution in [0.3, 0.4) is 0 Å². The van der Waals surface area contributed by atoms with Crippen molar-refractivity contribution in [3.63, 3.8) is 0 Å². The molecule has 0 fully saturated rings. The summed E-state index contributed by atoms with van der Waals surface area (Å²) in [4.78, 5) is 2.59. The Hall–Kier alpha value is -8.98. The van der Waals surface area contributed by atoms with E-state index in [9.17, 15) is 0 Å². The Labute approximate surface area is 469 Å². The first kappa shape index (κ1) is 47.1. The summed E-state index contributed by atoms with van der Waals surface area (Å²) in [7, 11) is 0. The molecule has 1 aromatic heterocycles. The van der Waals surface area contributed by atoms with Gasteiger partial charge in [-0.25, -0.2) is 0 Å². The number of rotatable bonds is 6. The Morgan fingerprint density at radius 3 is 1.65 bits per heavy atom. The van der Waals surface area contributed by atoms with Crippen LogP contribution in [0.25, 0.3) is 99.8 Å². The van der Waals surface area contributed by atoms with Crippen molar-refractivity contribution in [1.29, 1.82) is 0 Å². The predicted molar refractivity (Wildman–Crippen MR) is 335 cm³/mol. The average molecular weight is 1030 g/mol. The molecule has 0 unspecified atom stereocenters. The third-order valence-electron chi connectivity index (χ3n) is 19.3. The summed E-state index contributed by atoms with van der Waals surface area (Å²) in [6, 6.07) is 80.5. The molecule has 11 aromatic carbocycles.